The fourth-order valence-corrected chi connectivity index (χ4v) is 5.51. The maximum Gasteiger partial charge on any atom is 0.224 e. The smallest absolute Gasteiger partial charge is 0.224 e. The van der Waals surface area contributed by atoms with Gasteiger partial charge in [0.25, 0.3) is 0 Å². The van der Waals surface area contributed by atoms with E-state index in [0.717, 1.165) is 25.7 Å². The first-order chi connectivity index (χ1) is 16.4. The van der Waals surface area contributed by atoms with Crippen molar-refractivity contribution in [3.63, 3.8) is 0 Å². The number of carbonyl (C=O) groups excluding carboxylic acids is 1. The summed E-state index contributed by atoms with van der Waals surface area (Å²) in [6.45, 7) is 0. The lowest BCUT2D eigenvalue weighted by atomic mass is 9.85. The van der Waals surface area contributed by atoms with E-state index < -0.39 is 0 Å². The normalized spacial score (nSPS) is 24.9. The maximum absolute atomic E-state index is 11.7. The van der Waals surface area contributed by atoms with Crippen molar-refractivity contribution in [2.24, 2.45) is 11.7 Å². The Morgan fingerprint density at radius 3 is 2.47 bits per heavy atom. The molecule has 5 N–H and O–H groups in total. The largest absolute Gasteiger partial charge is 0.393 e. The Bertz CT molecular complexity index is 1190. The molecule has 2 heterocycles. The molecule has 0 unspecified atom stereocenters. The zero-order valence-electron chi connectivity index (χ0n) is 18.5. The van der Waals surface area contributed by atoms with Crippen molar-refractivity contribution < 1.29 is 9.90 Å². The van der Waals surface area contributed by atoms with Crippen LogP contribution in [-0.4, -0.2) is 42.7 Å². The molecule has 0 spiro atoms. The summed E-state index contributed by atoms with van der Waals surface area (Å²) in [5.41, 5.74) is 7.44. The number of hydrogen-bond acceptors (Lipinski definition) is 7. The molecule has 0 bridgehead atoms. The number of amides is 1. The van der Waals surface area contributed by atoms with Crippen LogP contribution < -0.4 is 16.4 Å². The van der Waals surface area contributed by atoms with Gasteiger partial charge in [0.1, 0.15) is 5.52 Å². The number of fused-ring (bicyclic) bond motifs is 1. The topological polar surface area (TPSA) is 131 Å². The van der Waals surface area contributed by atoms with Crippen molar-refractivity contribution in [2.75, 3.05) is 10.6 Å². The Morgan fingerprint density at radius 1 is 1.09 bits per heavy atom. The van der Waals surface area contributed by atoms with Crippen LogP contribution in [0, 0.1) is 5.92 Å². The van der Waals surface area contributed by atoms with E-state index in [4.69, 9.17) is 38.9 Å². The number of nitrogens with two attached hydrogens (primary N) is 1. The lowest BCUT2D eigenvalue weighted by Crippen LogP contribution is -2.28. The number of halogens is 2. The maximum atomic E-state index is 11.7. The second kappa shape index (κ2) is 9.56. The molecule has 0 radical (unpaired) electrons. The van der Waals surface area contributed by atoms with E-state index in [1.807, 2.05) is 0 Å². The molecule has 5 rings (SSSR count). The molecule has 1 amide bonds. The third-order valence-electron chi connectivity index (χ3n) is 6.83. The van der Waals surface area contributed by atoms with Crippen LogP contribution >= 0.6 is 23.2 Å². The van der Waals surface area contributed by atoms with Crippen molar-refractivity contribution in [1.82, 2.24) is 19.5 Å². The molecule has 2 fully saturated rings. The molecule has 3 aromatic rings. The van der Waals surface area contributed by atoms with Crippen LogP contribution in [0.5, 0.6) is 0 Å². The highest BCUT2D eigenvalue weighted by Crippen LogP contribution is 2.39. The molecule has 180 valence electrons. The number of anilines is 3. The van der Waals surface area contributed by atoms with Gasteiger partial charge in [0.2, 0.25) is 17.8 Å². The highest BCUT2D eigenvalue weighted by Gasteiger charge is 2.30. The second-order valence-electron chi connectivity index (χ2n) is 9.15. The van der Waals surface area contributed by atoms with E-state index in [1.165, 1.54) is 0 Å². The Balaban J connectivity index is 1.52. The molecule has 0 saturated heterocycles. The third kappa shape index (κ3) is 4.64. The van der Waals surface area contributed by atoms with Crippen LogP contribution in [0.4, 0.5) is 17.6 Å². The number of nitrogens with one attached hydrogen (secondary N) is 2. The fraction of sp³-hybridized carbons (Fsp3) is 0.478. The van der Waals surface area contributed by atoms with Crippen molar-refractivity contribution in [2.45, 2.75) is 63.1 Å². The minimum absolute atomic E-state index is 0.0698. The minimum Gasteiger partial charge on any atom is -0.393 e. The SMILES string of the molecule is NC(=O)[C@H]1CC[C@@H](n2c(Nc3c(Cl)cccc3Cl)nc3cnc(N[C@H]4CC[C@H](O)C4)nc32)CC1. The molecule has 2 aliphatic rings. The Labute approximate surface area is 207 Å². The molecular weight excluding hydrogens is 477 g/mol. The number of primary amides is 1. The highest BCUT2D eigenvalue weighted by atomic mass is 35.5. The van der Waals surface area contributed by atoms with Crippen molar-refractivity contribution in [3.05, 3.63) is 34.4 Å². The first-order valence-electron chi connectivity index (χ1n) is 11.6. The predicted octanol–water partition coefficient (Wildman–Crippen LogP) is 4.42. The molecular formula is C23H27Cl2N7O2. The van der Waals surface area contributed by atoms with Crippen LogP contribution in [-0.2, 0) is 4.79 Å². The summed E-state index contributed by atoms with van der Waals surface area (Å²) in [5.74, 6) is 0.708. The van der Waals surface area contributed by atoms with Crippen LogP contribution in [0.2, 0.25) is 10.0 Å². The van der Waals surface area contributed by atoms with Crippen molar-refractivity contribution in [3.8, 4) is 0 Å². The molecule has 9 nitrogen and oxygen atoms in total. The number of aliphatic hydroxyl groups excluding tert-OH is 1. The quantitative estimate of drug-likeness (QED) is 0.391. The van der Waals surface area contributed by atoms with Crippen LogP contribution in [0.15, 0.2) is 24.4 Å². The van der Waals surface area contributed by atoms with E-state index >= 15 is 0 Å². The molecule has 2 atom stereocenters. The molecule has 1 aromatic carbocycles. The van der Waals surface area contributed by atoms with Gasteiger partial charge in [0, 0.05) is 18.0 Å². The van der Waals surface area contributed by atoms with Gasteiger partial charge in [-0.15, -0.1) is 0 Å². The number of aliphatic hydroxyl groups is 1. The number of benzene rings is 1. The van der Waals surface area contributed by atoms with E-state index in [9.17, 15) is 9.90 Å². The number of para-hydroxylation sites is 1. The van der Waals surface area contributed by atoms with Gasteiger partial charge in [0.05, 0.1) is 28.0 Å². The van der Waals surface area contributed by atoms with Crippen LogP contribution in [0.3, 0.4) is 0 Å². The van der Waals surface area contributed by atoms with Crippen LogP contribution in [0.25, 0.3) is 11.2 Å². The van der Waals surface area contributed by atoms with E-state index in [1.54, 1.807) is 24.4 Å². The zero-order chi connectivity index (χ0) is 23.8. The van der Waals surface area contributed by atoms with Gasteiger partial charge in [-0.2, -0.15) is 4.98 Å². The van der Waals surface area contributed by atoms with Gasteiger partial charge in [-0.3, -0.25) is 9.36 Å². The Morgan fingerprint density at radius 2 is 1.82 bits per heavy atom. The van der Waals surface area contributed by atoms with Gasteiger partial charge in [-0.05, 0) is 57.1 Å². The fourth-order valence-electron chi connectivity index (χ4n) is 5.01. The van der Waals surface area contributed by atoms with Crippen molar-refractivity contribution >= 4 is 57.9 Å². The summed E-state index contributed by atoms with van der Waals surface area (Å²) in [6, 6.07) is 5.51. The number of nitrogens with zero attached hydrogens (tertiary/aromatic N) is 4. The summed E-state index contributed by atoms with van der Waals surface area (Å²) >= 11 is 12.8. The molecule has 34 heavy (non-hydrogen) atoms. The lowest BCUT2D eigenvalue weighted by Gasteiger charge is -2.29. The second-order valence-corrected chi connectivity index (χ2v) is 9.96. The number of imidazole rings is 1. The Kier molecular flexibility index (Phi) is 6.50. The zero-order valence-corrected chi connectivity index (χ0v) is 20.1. The third-order valence-corrected chi connectivity index (χ3v) is 7.46. The number of aromatic nitrogens is 4. The molecule has 2 saturated carbocycles. The van der Waals surface area contributed by atoms with Gasteiger partial charge in [-0.25, -0.2) is 9.97 Å². The molecule has 0 aliphatic heterocycles. The summed E-state index contributed by atoms with van der Waals surface area (Å²) in [4.78, 5) is 25.7. The van der Waals surface area contributed by atoms with Crippen LogP contribution in [0.1, 0.15) is 51.0 Å². The van der Waals surface area contributed by atoms with E-state index in [2.05, 4.69) is 20.2 Å². The average Bonchev–Trinajstić information content (AvgIpc) is 3.38. The standard InChI is InChI=1S/C23H27Cl2N7O2/c24-16-2-1-3-17(25)19(16)30-23-29-18-11-27-22(28-13-6-9-15(33)10-13)31-21(18)32(23)14-7-4-12(5-8-14)20(26)34/h1-3,11-15,33H,4-10H2,(H2,26,34)(H,29,30)(H,27,28,31)/t12-,13-,14+,15-/m0/s1. The van der Waals surface area contributed by atoms with E-state index in [-0.39, 0.29) is 30.0 Å². The molecule has 2 aliphatic carbocycles. The van der Waals surface area contributed by atoms with Gasteiger partial charge < -0.3 is 21.5 Å². The first-order valence-corrected chi connectivity index (χ1v) is 12.3. The van der Waals surface area contributed by atoms with Gasteiger partial charge in [0.15, 0.2) is 5.65 Å². The number of carbonyl (C=O) groups is 1. The van der Waals surface area contributed by atoms with Gasteiger partial charge >= 0.3 is 0 Å². The first kappa shape index (κ1) is 23.1. The summed E-state index contributed by atoms with van der Waals surface area (Å²) < 4.78 is 2.06. The predicted molar refractivity (Wildman–Crippen MR) is 133 cm³/mol. The summed E-state index contributed by atoms with van der Waals surface area (Å²) in [7, 11) is 0. The number of rotatable bonds is 6. The monoisotopic (exact) mass is 503 g/mol. The van der Waals surface area contributed by atoms with E-state index in [0.29, 0.717) is 58.1 Å². The van der Waals surface area contributed by atoms with Gasteiger partial charge in [-0.1, -0.05) is 29.3 Å². The molecule has 2 aromatic heterocycles. The summed E-state index contributed by atoms with van der Waals surface area (Å²) in [6.07, 6.45) is 6.69. The average molecular weight is 504 g/mol. The van der Waals surface area contributed by atoms with Crippen molar-refractivity contribution in [1.29, 1.82) is 0 Å². The summed E-state index contributed by atoms with van der Waals surface area (Å²) in [5, 5.41) is 17.5. The molecule has 11 heteroatoms. The number of hydrogen-bond donors (Lipinski definition) is 4. The highest BCUT2D eigenvalue weighted by molar-refractivity contribution is 6.39. The minimum atomic E-state index is -0.289. The lowest BCUT2D eigenvalue weighted by molar-refractivity contribution is -0.122. The Hall–Kier alpha value is -2.62.